The van der Waals surface area contributed by atoms with E-state index in [-0.39, 0.29) is 59.8 Å². The minimum Gasteiger partial charge on any atom is -0.733 e. The van der Waals surface area contributed by atoms with Crippen molar-refractivity contribution < 1.29 is 29.4 Å². The maximum atomic E-state index is 11.0. The molecule has 0 aromatic heterocycles. The molecule has 28 heavy (non-hydrogen) atoms. The van der Waals surface area contributed by atoms with Gasteiger partial charge in [0.05, 0.1) is 37.8 Å². The Kier molecular flexibility index (Phi) is 9.28. The van der Waals surface area contributed by atoms with Crippen LogP contribution in [-0.4, -0.2) is 50.1 Å². The lowest BCUT2D eigenvalue weighted by Gasteiger charge is -2.24. The lowest BCUT2D eigenvalue weighted by molar-refractivity contribution is 0.0273. The summed E-state index contributed by atoms with van der Waals surface area (Å²) < 4.78 is 21.5. The van der Waals surface area contributed by atoms with E-state index in [1.165, 1.54) is 12.1 Å². The molecule has 2 aromatic carbocycles. The van der Waals surface area contributed by atoms with Crippen molar-refractivity contribution in [3.05, 3.63) is 58.9 Å². The lowest BCUT2D eigenvalue weighted by Crippen LogP contribution is -2.15. The van der Waals surface area contributed by atoms with Crippen molar-refractivity contribution in [2.45, 2.75) is 0 Å². The van der Waals surface area contributed by atoms with Crippen LogP contribution in [0.2, 0.25) is 0 Å². The molecule has 0 radical (unpaired) electrons. The molecule has 154 valence electrons. The first-order valence-corrected chi connectivity index (χ1v) is 8.51. The number of para-hydroxylation sites is 4. The third-order valence-corrected chi connectivity index (χ3v) is 3.49. The van der Waals surface area contributed by atoms with E-state index in [1.54, 1.807) is 36.4 Å². The lowest BCUT2D eigenvalue weighted by atomic mass is 10.3. The number of hydrogen-bond donors (Lipinski definition) is 2. The van der Waals surface area contributed by atoms with E-state index in [0.717, 1.165) is 0 Å². The number of nitrogens with zero attached hydrogens (tertiary/aromatic N) is 2. The summed E-state index contributed by atoms with van der Waals surface area (Å²) in [6.45, 7) is 1.64. The Morgan fingerprint density at radius 3 is 1.36 bits per heavy atom. The van der Waals surface area contributed by atoms with Gasteiger partial charge in [0.2, 0.25) is 0 Å². The van der Waals surface area contributed by atoms with Crippen molar-refractivity contribution in [3.8, 4) is 11.5 Å². The highest BCUT2D eigenvalue weighted by Gasteiger charge is 2.04. The number of benzene rings is 2. The van der Waals surface area contributed by atoms with E-state index in [0.29, 0.717) is 13.2 Å². The van der Waals surface area contributed by atoms with Crippen LogP contribution in [0.3, 0.4) is 0 Å². The zero-order chi connectivity index (χ0) is 20.2. The van der Waals surface area contributed by atoms with Crippen LogP contribution in [-0.2, 0) is 9.47 Å². The molecule has 10 nitrogen and oxygen atoms in total. The summed E-state index contributed by atoms with van der Waals surface area (Å²) in [5, 5.41) is 39.4. The molecule has 0 atom stereocenters. The molecule has 0 saturated heterocycles. The first-order chi connectivity index (χ1) is 13.6. The monoisotopic (exact) mass is 394 g/mol. The molecule has 0 saturated carbocycles. The van der Waals surface area contributed by atoms with Crippen LogP contribution >= 0.6 is 0 Å². The second-order valence-corrected chi connectivity index (χ2v) is 5.40. The van der Waals surface area contributed by atoms with Crippen LogP contribution < -0.4 is 19.9 Å². The van der Waals surface area contributed by atoms with Crippen molar-refractivity contribution in [1.29, 1.82) is 0 Å². The van der Waals surface area contributed by atoms with Crippen molar-refractivity contribution in [3.63, 3.8) is 0 Å². The average molecular weight is 394 g/mol. The topological polar surface area (TPSA) is 130 Å². The molecule has 0 unspecified atom stereocenters. The molecular weight excluding hydrogens is 372 g/mol. The molecule has 0 amide bonds. The molecule has 0 aliphatic rings. The zero-order valence-corrected chi connectivity index (χ0v) is 15.1. The van der Waals surface area contributed by atoms with Gasteiger partial charge in [0.15, 0.2) is 0 Å². The molecule has 0 bridgehead atoms. The fourth-order valence-electron chi connectivity index (χ4n) is 2.22. The quantitative estimate of drug-likeness (QED) is 0.386. The van der Waals surface area contributed by atoms with Gasteiger partial charge in [-0.3, -0.25) is 10.4 Å². The van der Waals surface area contributed by atoms with Crippen LogP contribution in [0.1, 0.15) is 0 Å². The van der Waals surface area contributed by atoms with E-state index in [9.17, 15) is 10.4 Å². The second-order valence-electron chi connectivity index (χ2n) is 5.40. The predicted octanol–water partition coefficient (Wildman–Crippen LogP) is 2.56. The van der Waals surface area contributed by atoms with Gasteiger partial charge in [-0.25, -0.2) is 0 Å². The van der Waals surface area contributed by atoms with E-state index >= 15 is 0 Å². The minimum absolute atomic E-state index is 0.0219. The molecule has 0 aliphatic carbocycles. The van der Waals surface area contributed by atoms with Gasteiger partial charge in [-0.2, -0.15) is 0 Å². The van der Waals surface area contributed by atoms with Crippen LogP contribution in [0.15, 0.2) is 48.5 Å². The first-order valence-electron chi connectivity index (χ1n) is 8.51. The van der Waals surface area contributed by atoms with Gasteiger partial charge >= 0.3 is 0 Å². The maximum absolute atomic E-state index is 11.0. The fourth-order valence-corrected chi connectivity index (χ4v) is 2.22. The molecule has 0 fully saturated rings. The van der Waals surface area contributed by atoms with E-state index in [2.05, 4.69) is 0 Å². The third kappa shape index (κ3) is 7.19. The standard InChI is InChI=1S/C18H22N2O8/c21-19(22)15-5-1-3-7-17(15)27-13-11-25-9-10-26-12-14-28-18-8-4-2-6-16(18)20(23)24/h1-8,21,23H,9-14H2/q-2. The molecule has 0 aliphatic heterocycles. The van der Waals surface area contributed by atoms with E-state index in [4.69, 9.17) is 29.4 Å². The van der Waals surface area contributed by atoms with E-state index < -0.39 is 0 Å². The van der Waals surface area contributed by atoms with Gasteiger partial charge in [0.25, 0.3) is 0 Å². The SMILES string of the molecule is [O-]N(O)c1ccccc1OCCOCCOCCOc1ccccc1N([O-])O. The van der Waals surface area contributed by atoms with Crippen molar-refractivity contribution in [2.75, 3.05) is 50.1 Å². The Labute approximate surface area is 162 Å². The van der Waals surface area contributed by atoms with Gasteiger partial charge in [0.1, 0.15) is 24.7 Å². The Balaban J connectivity index is 1.52. The summed E-state index contributed by atoms with van der Waals surface area (Å²) in [4.78, 5) is 0. The Morgan fingerprint density at radius 2 is 0.964 bits per heavy atom. The molecule has 10 heteroatoms. The highest BCUT2D eigenvalue weighted by atomic mass is 16.8. The van der Waals surface area contributed by atoms with Crippen molar-refractivity contribution in [2.24, 2.45) is 0 Å². The molecule has 0 spiro atoms. The molecular formula is C18H22N2O8-2. The first kappa shape index (κ1) is 21.7. The Morgan fingerprint density at radius 1 is 0.607 bits per heavy atom. The molecule has 2 N–H and O–H groups in total. The molecule has 0 heterocycles. The fraction of sp³-hybridized carbons (Fsp3) is 0.333. The second kappa shape index (κ2) is 12.0. The largest absolute Gasteiger partial charge is 0.733 e. The van der Waals surface area contributed by atoms with Crippen LogP contribution in [0, 0.1) is 10.4 Å². The summed E-state index contributed by atoms with van der Waals surface area (Å²) in [6.07, 6.45) is 0. The number of hydrogen-bond acceptors (Lipinski definition) is 10. The Hall–Kier alpha value is -2.60. The average Bonchev–Trinajstić information content (AvgIpc) is 2.69. The van der Waals surface area contributed by atoms with Crippen LogP contribution in [0.4, 0.5) is 11.4 Å². The Bertz CT molecular complexity index is 639. The third-order valence-electron chi connectivity index (χ3n) is 3.49. The smallest absolute Gasteiger partial charge is 0.144 e. The summed E-state index contributed by atoms with van der Waals surface area (Å²) in [7, 11) is 0. The van der Waals surface area contributed by atoms with Gasteiger partial charge in [-0.05, 0) is 24.3 Å². The summed E-state index contributed by atoms with van der Waals surface area (Å²) in [5.74, 6) is 0.522. The van der Waals surface area contributed by atoms with Gasteiger partial charge in [-0.1, -0.05) is 24.3 Å². The molecule has 2 aromatic rings. The number of ether oxygens (including phenoxy) is 4. The van der Waals surface area contributed by atoms with Crippen molar-refractivity contribution in [1.82, 2.24) is 0 Å². The van der Waals surface area contributed by atoms with Gasteiger partial charge in [-0.15, -0.1) is 0 Å². The number of rotatable bonds is 13. The highest BCUT2D eigenvalue weighted by molar-refractivity contribution is 5.57. The number of anilines is 2. The zero-order valence-electron chi connectivity index (χ0n) is 15.1. The van der Waals surface area contributed by atoms with Gasteiger partial charge < -0.3 is 39.8 Å². The minimum atomic E-state index is -0.250. The van der Waals surface area contributed by atoms with E-state index in [1.807, 2.05) is 0 Å². The highest BCUT2D eigenvalue weighted by Crippen LogP contribution is 2.26. The van der Waals surface area contributed by atoms with Crippen LogP contribution in [0.25, 0.3) is 0 Å². The summed E-state index contributed by atoms with van der Waals surface area (Å²) >= 11 is 0. The molecule has 2 rings (SSSR count). The predicted molar refractivity (Wildman–Crippen MR) is 101 cm³/mol. The van der Waals surface area contributed by atoms with Gasteiger partial charge in [0, 0.05) is 0 Å². The van der Waals surface area contributed by atoms with Crippen LogP contribution in [0.5, 0.6) is 11.5 Å². The maximum Gasteiger partial charge on any atom is 0.144 e. The summed E-state index contributed by atoms with van der Waals surface area (Å²) in [5.41, 5.74) is 0.0439. The summed E-state index contributed by atoms with van der Waals surface area (Å²) in [6, 6.07) is 12.6. The normalized spacial score (nSPS) is 10.6. The van der Waals surface area contributed by atoms with Crippen molar-refractivity contribution >= 4 is 11.4 Å².